The molecule has 204 valence electrons. The highest BCUT2D eigenvalue weighted by Crippen LogP contribution is 2.49. The van der Waals surface area contributed by atoms with Gasteiger partial charge in [-0.05, 0) is 35.8 Å². The molecule has 3 rings (SSSR count). The van der Waals surface area contributed by atoms with Gasteiger partial charge in [-0.3, -0.25) is 39.8 Å². The smallest absolute Gasteiger partial charge is 0.311 e. The summed E-state index contributed by atoms with van der Waals surface area (Å²) in [6, 6.07) is 10.5. The van der Waals surface area contributed by atoms with Crippen molar-refractivity contribution in [1.82, 2.24) is 9.17 Å². The van der Waals surface area contributed by atoms with Crippen LogP contribution in [0.1, 0.15) is 37.2 Å². The second kappa shape index (κ2) is 12.4. The van der Waals surface area contributed by atoms with Crippen LogP contribution in [0.15, 0.2) is 58.4 Å². The monoisotopic (exact) mass is 575 g/mol. The van der Waals surface area contributed by atoms with E-state index in [0.717, 1.165) is 18.6 Å². The number of benzene rings is 2. The Kier molecular flexibility index (Phi) is 9.29. The Labute approximate surface area is 224 Å². The maximum Gasteiger partial charge on any atom is 0.369 e. The number of nitro groups is 2. The van der Waals surface area contributed by atoms with E-state index in [-0.39, 0.29) is 40.3 Å². The van der Waals surface area contributed by atoms with E-state index in [1.54, 1.807) is 6.92 Å². The number of rotatable bonds is 12. The van der Waals surface area contributed by atoms with E-state index in [1.165, 1.54) is 59.5 Å². The second-order valence-electron chi connectivity index (χ2n) is 7.60. The van der Waals surface area contributed by atoms with Crippen molar-refractivity contribution in [1.29, 1.82) is 0 Å². The molecule has 0 fully saturated rings. The minimum Gasteiger partial charge on any atom is -0.311 e. The molecule has 0 aliphatic rings. The van der Waals surface area contributed by atoms with E-state index in [4.69, 9.17) is 4.52 Å². The number of Topliss-reactive ketones (excluding diaryl/α,β-unsaturated/α-hetero) is 2. The van der Waals surface area contributed by atoms with Crippen molar-refractivity contribution < 1.29 is 28.5 Å². The molecule has 39 heavy (non-hydrogen) atoms. The standard InChI is InChI=1S/C22H22N7O8PS/c1-4-18(30)20-22(39-27(25-20)15-10-12-17(13-11-15)29(34)35)26-38(36,37-3)21(19(31)5-2)24-23-14-6-8-16(9-7-14)28(32)33/h6-13,23H,4-5H2,1-3H3. The molecule has 0 aliphatic carbocycles. The fraction of sp³-hybridized carbons (Fsp3) is 0.227. The summed E-state index contributed by atoms with van der Waals surface area (Å²) in [7, 11) is -3.30. The largest absolute Gasteiger partial charge is 0.369 e. The molecule has 1 aromatic heterocycles. The van der Waals surface area contributed by atoms with Gasteiger partial charge < -0.3 is 4.52 Å². The zero-order valence-corrected chi connectivity index (χ0v) is 22.5. The maximum atomic E-state index is 13.9. The van der Waals surface area contributed by atoms with E-state index in [9.17, 15) is 34.4 Å². The number of carbonyl (C=O) groups is 2. The third-order valence-corrected chi connectivity index (χ3v) is 8.01. The summed E-state index contributed by atoms with van der Waals surface area (Å²) < 4.78 is 24.4. The first-order chi connectivity index (χ1) is 18.5. The molecule has 1 heterocycles. The first-order valence-corrected chi connectivity index (χ1v) is 13.6. The van der Waals surface area contributed by atoms with Gasteiger partial charge >= 0.3 is 7.52 Å². The third kappa shape index (κ3) is 6.73. The van der Waals surface area contributed by atoms with Crippen LogP contribution in [0, 0.1) is 20.2 Å². The van der Waals surface area contributed by atoms with Gasteiger partial charge in [0.25, 0.3) is 11.4 Å². The van der Waals surface area contributed by atoms with E-state index in [1.807, 2.05) is 0 Å². The molecule has 0 amide bonds. The summed E-state index contributed by atoms with van der Waals surface area (Å²) in [4.78, 5) is 46.1. The van der Waals surface area contributed by atoms with Crippen molar-refractivity contribution in [2.24, 2.45) is 9.86 Å². The summed E-state index contributed by atoms with van der Waals surface area (Å²) >= 11 is 0.814. The summed E-state index contributed by atoms with van der Waals surface area (Å²) in [5.41, 5.74) is 2.20. The van der Waals surface area contributed by atoms with Gasteiger partial charge in [0.05, 0.1) is 21.2 Å². The van der Waals surface area contributed by atoms with Gasteiger partial charge in [0.1, 0.15) is 0 Å². The molecule has 0 aliphatic heterocycles. The highest BCUT2D eigenvalue weighted by molar-refractivity contribution is 7.78. The van der Waals surface area contributed by atoms with Gasteiger partial charge in [-0.1, -0.05) is 13.8 Å². The summed E-state index contributed by atoms with van der Waals surface area (Å²) in [6.07, 6.45) is -0.0593. The first-order valence-electron chi connectivity index (χ1n) is 11.3. The number of non-ortho nitro benzene ring substituents is 2. The van der Waals surface area contributed by atoms with Crippen LogP contribution < -0.4 is 10.1 Å². The lowest BCUT2D eigenvalue weighted by atomic mass is 10.2. The lowest BCUT2D eigenvalue weighted by Gasteiger charge is -2.12. The van der Waals surface area contributed by atoms with E-state index in [0.29, 0.717) is 5.69 Å². The SMILES string of the molecule is CCC(=O)C(=NNc1ccc([N+](=O)[O-])cc1)P(=O)(N=c1sn(-c2ccc([N+](=O)[O-])cc2)nc1C(=O)CC)OC. The number of hydrazone groups is 1. The predicted molar refractivity (Wildman–Crippen MR) is 142 cm³/mol. The number of carbonyl (C=O) groups excluding carboxylic acids is 2. The quantitative estimate of drug-likeness (QED) is 0.105. The van der Waals surface area contributed by atoms with Gasteiger partial charge in [-0.15, -0.1) is 0 Å². The van der Waals surface area contributed by atoms with Gasteiger partial charge in [-0.25, -0.2) is 0 Å². The van der Waals surface area contributed by atoms with E-state index < -0.39 is 34.4 Å². The average molecular weight is 576 g/mol. The summed E-state index contributed by atoms with van der Waals surface area (Å²) in [6.45, 7) is 3.12. The number of nitrogens with one attached hydrogen (secondary N) is 1. The average Bonchev–Trinajstić information content (AvgIpc) is 3.36. The predicted octanol–water partition coefficient (Wildman–Crippen LogP) is 4.49. The van der Waals surface area contributed by atoms with E-state index in [2.05, 4.69) is 20.4 Å². The van der Waals surface area contributed by atoms with Gasteiger partial charge in [-0.2, -0.15) is 19.0 Å². The van der Waals surface area contributed by atoms with Gasteiger partial charge in [0.15, 0.2) is 21.9 Å². The lowest BCUT2D eigenvalue weighted by molar-refractivity contribution is -0.385. The molecule has 0 spiro atoms. The molecule has 1 unspecified atom stereocenters. The molecule has 2 aromatic carbocycles. The third-order valence-electron chi connectivity index (χ3n) is 5.11. The van der Waals surface area contributed by atoms with Crippen LogP contribution in [0.5, 0.6) is 0 Å². The molecule has 17 heteroatoms. The number of nitro benzene ring substituents is 2. The topological polar surface area (TPSA) is 201 Å². The Bertz CT molecular complexity index is 1560. The fourth-order valence-electron chi connectivity index (χ4n) is 3.01. The van der Waals surface area contributed by atoms with Crippen LogP contribution in [0.25, 0.3) is 5.69 Å². The highest BCUT2D eigenvalue weighted by Gasteiger charge is 2.35. The van der Waals surface area contributed by atoms with Crippen molar-refractivity contribution >= 4 is 53.1 Å². The molecule has 15 nitrogen and oxygen atoms in total. The number of aromatic nitrogens is 2. The molecule has 0 bridgehead atoms. The zero-order chi connectivity index (χ0) is 28.7. The maximum absolute atomic E-state index is 13.9. The number of hydrogen-bond acceptors (Lipinski definition) is 12. The Hall–Kier alpha value is -4.40. The fourth-order valence-corrected chi connectivity index (χ4v) is 5.57. The van der Waals surface area contributed by atoms with Crippen LogP contribution in [0.4, 0.5) is 17.1 Å². The minimum atomic E-state index is -4.37. The van der Waals surface area contributed by atoms with Crippen molar-refractivity contribution in [2.75, 3.05) is 12.5 Å². The molecule has 1 N–H and O–H groups in total. The van der Waals surface area contributed by atoms with Crippen LogP contribution >= 0.6 is 19.1 Å². The molecular weight excluding hydrogens is 553 g/mol. The number of ketones is 2. The van der Waals surface area contributed by atoms with Crippen molar-refractivity contribution in [3.8, 4) is 5.69 Å². The van der Waals surface area contributed by atoms with Crippen molar-refractivity contribution in [2.45, 2.75) is 26.7 Å². The minimum absolute atomic E-state index is 0.0420. The lowest BCUT2D eigenvalue weighted by Crippen LogP contribution is -2.18. The summed E-state index contributed by atoms with van der Waals surface area (Å²) in [5, 5.41) is 30.0. The van der Waals surface area contributed by atoms with Crippen LogP contribution in [-0.4, -0.2) is 43.1 Å². The van der Waals surface area contributed by atoms with Crippen LogP contribution in [0.2, 0.25) is 0 Å². The van der Waals surface area contributed by atoms with Crippen LogP contribution in [-0.2, 0) is 13.9 Å². The van der Waals surface area contributed by atoms with Crippen LogP contribution in [0.3, 0.4) is 0 Å². The summed E-state index contributed by atoms with van der Waals surface area (Å²) in [5.74, 6) is -1.09. The van der Waals surface area contributed by atoms with Gasteiger partial charge in [0, 0.05) is 44.2 Å². The number of nitrogens with zero attached hydrogens (tertiary/aromatic N) is 6. The Balaban J connectivity index is 2.11. The molecule has 0 saturated heterocycles. The molecule has 0 saturated carbocycles. The Morgan fingerprint density at radius 1 is 1.03 bits per heavy atom. The number of hydrogen-bond donors (Lipinski definition) is 1. The van der Waals surface area contributed by atoms with Crippen molar-refractivity contribution in [3.63, 3.8) is 0 Å². The first kappa shape index (κ1) is 29.2. The highest BCUT2D eigenvalue weighted by atomic mass is 32.1. The molecule has 3 aromatic rings. The molecule has 1 atom stereocenters. The number of anilines is 1. The van der Waals surface area contributed by atoms with E-state index >= 15 is 0 Å². The molecule has 0 radical (unpaired) electrons. The zero-order valence-electron chi connectivity index (χ0n) is 20.8. The normalized spacial score (nSPS) is 13.5. The Morgan fingerprint density at radius 2 is 1.59 bits per heavy atom. The second-order valence-corrected chi connectivity index (χ2v) is 10.5. The van der Waals surface area contributed by atoms with Gasteiger partial charge in [0.2, 0.25) is 5.45 Å². The van der Waals surface area contributed by atoms with Crippen molar-refractivity contribution in [3.05, 3.63) is 79.1 Å². The molecular formula is C22H22N7O8PS. The Morgan fingerprint density at radius 3 is 2.08 bits per heavy atom.